The third-order valence-corrected chi connectivity index (χ3v) is 6.82. The highest BCUT2D eigenvalue weighted by molar-refractivity contribution is 8.01. The Morgan fingerprint density at radius 2 is 2.14 bits per heavy atom. The van der Waals surface area contributed by atoms with Gasteiger partial charge in [-0.3, -0.25) is 9.59 Å². The first-order valence-corrected chi connectivity index (χ1v) is 10.5. The summed E-state index contributed by atoms with van der Waals surface area (Å²) < 4.78 is 5.40. The first-order chi connectivity index (χ1) is 14.0. The monoisotopic (exact) mass is 407 g/mol. The molecule has 2 aliphatic heterocycles. The number of nitrogens with zero attached hydrogens (tertiary/aromatic N) is 3. The van der Waals surface area contributed by atoms with Crippen molar-refractivity contribution in [3.63, 3.8) is 0 Å². The molecule has 0 aromatic heterocycles. The number of hydrogen-bond acceptors (Lipinski definition) is 5. The molecule has 0 aliphatic carbocycles. The van der Waals surface area contributed by atoms with Gasteiger partial charge in [-0.05, 0) is 35.9 Å². The van der Waals surface area contributed by atoms with E-state index in [9.17, 15) is 14.9 Å². The van der Waals surface area contributed by atoms with Gasteiger partial charge in [0.25, 0.3) is 5.91 Å². The van der Waals surface area contributed by atoms with Crippen LogP contribution in [0.5, 0.6) is 5.75 Å². The molecule has 1 fully saturated rings. The fourth-order valence-corrected chi connectivity index (χ4v) is 5.52. The van der Waals surface area contributed by atoms with Crippen LogP contribution in [0.3, 0.4) is 0 Å². The Hall–Kier alpha value is -2.98. The fraction of sp³-hybridized carbons (Fsp3) is 0.318. The number of fused-ring (bicyclic) bond motifs is 2. The SMILES string of the molecule is CCC(=O)N1CCS[C@]12C(=O)N(Cc1cccc(C#N)c1)c1ccc(OC)cc12. The summed E-state index contributed by atoms with van der Waals surface area (Å²) in [6, 6.07) is 15.0. The maximum atomic E-state index is 13.8. The number of hydrogen-bond donors (Lipinski definition) is 0. The zero-order valence-corrected chi connectivity index (χ0v) is 17.2. The van der Waals surface area contributed by atoms with Crippen molar-refractivity contribution in [3.05, 3.63) is 59.2 Å². The lowest BCUT2D eigenvalue weighted by Crippen LogP contribution is -2.50. The number of rotatable bonds is 4. The van der Waals surface area contributed by atoms with E-state index < -0.39 is 4.87 Å². The van der Waals surface area contributed by atoms with E-state index in [4.69, 9.17) is 4.74 Å². The Labute approximate surface area is 174 Å². The molecule has 2 aliphatic rings. The highest BCUT2D eigenvalue weighted by Crippen LogP contribution is 2.55. The van der Waals surface area contributed by atoms with Crippen molar-refractivity contribution in [1.29, 1.82) is 5.26 Å². The van der Waals surface area contributed by atoms with Gasteiger partial charge in [0.2, 0.25) is 5.91 Å². The first kappa shape index (κ1) is 19.3. The number of nitriles is 1. The van der Waals surface area contributed by atoms with E-state index in [0.29, 0.717) is 36.6 Å². The van der Waals surface area contributed by atoms with Crippen LogP contribution in [0.25, 0.3) is 0 Å². The highest BCUT2D eigenvalue weighted by atomic mass is 32.2. The molecule has 2 aromatic rings. The lowest BCUT2D eigenvalue weighted by molar-refractivity contribution is -0.139. The van der Waals surface area contributed by atoms with Gasteiger partial charge < -0.3 is 14.5 Å². The molecule has 29 heavy (non-hydrogen) atoms. The number of carbonyl (C=O) groups excluding carboxylic acids is 2. The Bertz CT molecular complexity index is 1030. The van der Waals surface area contributed by atoms with Gasteiger partial charge in [0.05, 0.1) is 31.0 Å². The average molecular weight is 407 g/mol. The zero-order chi connectivity index (χ0) is 20.6. The van der Waals surface area contributed by atoms with Gasteiger partial charge in [0.15, 0.2) is 4.87 Å². The molecule has 148 valence electrons. The number of benzene rings is 2. The van der Waals surface area contributed by atoms with Crippen LogP contribution in [0.15, 0.2) is 42.5 Å². The molecule has 2 aromatic carbocycles. The molecule has 0 unspecified atom stereocenters. The Kier molecular flexibility index (Phi) is 4.97. The Balaban J connectivity index is 1.82. The van der Waals surface area contributed by atoms with Crippen molar-refractivity contribution in [2.24, 2.45) is 0 Å². The van der Waals surface area contributed by atoms with Crippen molar-refractivity contribution in [2.45, 2.75) is 24.8 Å². The summed E-state index contributed by atoms with van der Waals surface area (Å²) in [7, 11) is 1.59. The van der Waals surface area contributed by atoms with Crippen molar-refractivity contribution in [1.82, 2.24) is 4.90 Å². The lowest BCUT2D eigenvalue weighted by Gasteiger charge is -2.33. The van der Waals surface area contributed by atoms with E-state index in [0.717, 1.165) is 16.8 Å². The van der Waals surface area contributed by atoms with Crippen LogP contribution in [0.1, 0.15) is 30.0 Å². The molecule has 0 radical (unpaired) electrons. The summed E-state index contributed by atoms with van der Waals surface area (Å²) in [5, 5.41) is 9.19. The maximum Gasteiger partial charge on any atom is 0.268 e. The second kappa shape index (κ2) is 7.45. The van der Waals surface area contributed by atoms with Gasteiger partial charge >= 0.3 is 0 Å². The van der Waals surface area contributed by atoms with Gasteiger partial charge in [-0.1, -0.05) is 19.1 Å². The first-order valence-electron chi connectivity index (χ1n) is 9.49. The van der Waals surface area contributed by atoms with Crippen LogP contribution >= 0.6 is 11.8 Å². The molecule has 2 heterocycles. The van der Waals surface area contributed by atoms with Crippen molar-refractivity contribution < 1.29 is 14.3 Å². The molecule has 1 spiro atoms. The van der Waals surface area contributed by atoms with Gasteiger partial charge in [0, 0.05) is 24.3 Å². The topological polar surface area (TPSA) is 73.6 Å². The third-order valence-electron chi connectivity index (χ3n) is 5.40. The van der Waals surface area contributed by atoms with Gasteiger partial charge in [-0.15, -0.1) is 11.8 Å². The van der Waals surface area contributed by atoms with E-state index in [1.165, 1.54) is 11.8 Å². The molecule has 2 amide bonds. The molecular formula is C22H21N3O3S. The summed E-state index contributed by atoms with van der Waals surface area (Å²) in [6.45, 7) is 2.69. The fourth-order valence-electron chi connectivity index (χ4n) is 4.05. The lowest BCUT2D eigenvalue weighted by atomic mass is 10.0. The molecule has 1 atom stereocenters. The molecule has 1 saturated heterocycles. The van der Waals surface area contributed by atoms with Gasteiger partial charge in [-0.2, -0.15) is 5.26 Å². The van der Waals surface area contributed by atoms with Crippen LogP contribution in [-0.4, -0.2) is 36.1 Å². The molecule has 7 heteroatoms. The second-order valence-corrected chi connectivity index (χ2v) is 8.27. The standard InChI is InChI=1S/C22H21N3O3S/c1-3-20(26)25-9-10-29-22(25)18-12-17(28-2)7-8-19(18)24(21(22)27)14-16-6-4-5-15(11-16)13-23/h4-8,11-12H,3,9-10,14H2,1-2H3/t22-/m1/s1. The quantitative estimate of drug-likeness (QED) is 0.778. The normalized spacial score (nSPS) is 20.1. The van der Waals surface area contributed by atoms with Gasteiger partial charge in [-0.25, -0.2) is 0 Å². The van der Waals surface area contributed by atoms with E-state index >= 15 is 0 Å². The highest BCUT2D eigenvalue weighted by Gasteiger charge is 2.59. The number of thioether (sulfide) groups is 1. The summed E-state index contributed by atoms with van der Waals surface area (Å²) >= 11 is 1.50. The second-order valence-electron chi connectivity index (χ2n) is 6.98. The summed E-state index contributed by atoms with van der Waals surface area (Å²) in [5.74, 6) is 1.20. The number of ether oxygens (including phenoxy) is 1. The molecule has 0 saturated carbocycles. The van der Waals surface area contributed by atoms with E-state index in [1.54, 1.807) is 29.0 Å². The van der Waals surface area contributed by atoms with Crippen LogP contribution in [0.4, 0.5) is 5.69 Å². The summed E-state index contributed by atoms with van der Waals surface area (Å²) in [6.07, 6.45) is 0.346. The average Bonchev–Trinajstić information content (AvgIpc) is 3.30. The van der Waals surface area contributed by atoms with Crippen molar-refractivity contribution in [2.75, 3.05) is 24.3 Å². The minimum absolute atomic E-state index is 0.0366. The Morgan fingerprint density at radius 1 is 1.31 bits per heavy atom. The van der Waals surface area contributed by atoms with Crippen LogP contribution in [-0.2, 0) is 21.0 Å². The number of amides is 2. The van der Waals surface area contributed by atoms with Crippen LogP contribution in [0.2, 0.25) is 0 Å². The third kappa shape index (κ3) is 2.95. The van der Waals surface area contributed by atoms with Crippen LogP contribution < -0.4 is 9.64 Å². The zero-order valence-electron chi connectivity index (χ0n) is 16.3. The molecule has 4 rings (SSSR count). The predicted octanol–water partition coefficient (Wildman–Crippen LogP) is 3.25. The molecular weight excluding hydrogens is 386 g/mol. The van der Waals surface area contributed by atoms with E-state index in [2.05, 4.69) is 6.07 Å². The minimum Gasteiger partial charge on any atom is -0.497 e. The Morgan fingerprint density at radius 3 is 2.86 bits per heavy atom. The summed E-state index contributed by atoms with van der Waals surface area (Å²) in [4.78, 5) is 28.9. The summed E-state index contributed by atoms with van der Waals surface area (Å²) in [5.41, 5.74) is 2.99. The van der Waals surface area contributed by atoms with Crippen molar-refractivity contribution in [3.8, 4) is 11.8 Å². The molecule has 6 nitrogen and oxygen atoms in total. The number of carbonyl (C=O) groups is 2. The maximum absolute atomic E-state index is 13.8. The van der Waals surface area contributed by atoms with Crippen molar-refractivity contribution >= 4 is 29.3 Å². The smallest absolute Gasteiger partial charge is 0.268 e. The largest absolute Gasteiger partial charge is 0.497 e. The van der Waals surface area contributed by atoms with Crippen LogP contribution in [0, 0.1) is 11.3 Å². The minimum atomic E-state index is -1.05. The van der Waals surface area contributed by atoms with E-state index in [1.807, 2.05) is 37.3 Å². The van der Waals surface area contributed by atoms with E-state index in [-0.39, 0.29) is 11.8 Å². The predicted molar refractivity (Wildman–Crippen MR) is 111 cm³/mol. The molecule has 0 N–H and O–H groups in total. The number of methoxy groups -OCH3 is 1. The molecule has 0 bridgehead atoms. The number of anilines is 1. The van der Waals surface area contributed by atoms with Gasteiger partial charge in [0.1, 0.15) is 5.75 Å².